The molecule has 3 aromatic rings. The lowest BCUT2D eigenvalue weighted by Crippen LogP contribution is -2.32. The van der Waals surface area contributed by atoms with Crippen LogP contribution in [0.15, 0.2) is 66.7 Å². The van der Waals surface area contributed by atoms with Crippen LogP contribution in [-0.4, -0.2) is 22.8 Å². The van der Waals surface area contributed by atoms with Gasteiger partial charge in [-0.25, -0.2) is 4.79 Å². The lowest BCUT2D eigenvalue weighted by Gasteiger charge is -2.13. The number of nitrogens with zero attached hydrogens (tertiary/aromatic N) is 1. The minimum Gasteiger partial charge on any atom is -0.487 e. The van der Waals surface area contributed by atoms with E-state index in [0.717, 1.165) is 5.56 Å². The summed E-state index contributed by atoms with van der Waals surface area (Å²) in [6.45, 7) is 0.235. The molecule has 0 aliphatic carbocycles. The van der Waals surface area contributed by atoms with Crippen molar-refractivity contribution >= 4 is 41.0 Å². The second-order valence-corrected chi connectivity index (χ2v) is 7.24. The summed E-state index contributed by atoms with van der Waals surface area (Å²) < 4.78 is 5.66. The SMILES string of the molecule is O=C(ON1C(=O)c2ccccc2C1=O)c1ccc(OCc2cccc(Cl)c2)c(Cl)c1. The number of fused-ring (bicyclic) bond motifs is 1. The second-order valence-electron chi connectivity index (χ2n) is 6.39. The maximum absolute atomic E-state index is 12.4. The standard InChI is InChI=1S/C22H13Cl2NO5/c23-15-5-3-4-13(10-15)12-29-19-9-8-14(11-18(19)24)22(28)30-25-20(26)16-6-1-2-7-17(16)21(25)27/h1-11H,12H2. The van der Waals surface area contributed by atoms with Gasteiger partial charge in [-0.15, -0.1) is 0 Å². The predicted octanol–water partition coefficient (Wildman–Crippen LogP) is 4.94. The Balaban J connectivity index is 1.45. The van der Waals surface area contributed by atoms with E-state index >= 15 is 0 Å². The zero-order valence-electron chi connectivity index (χ0n) is 15.3. The van der Waals surface area contributed by atoms with Crippen LogP contribution in [-0.2, 0) is 11.4 Å². The van der Waals surface area contributed by atoms with E-state index in [-0.39, 0.29) is 28.3 Å². The van der Waals surface area contributed by atoms with E-state index in [0.29, 0.717) is 15.8 Å². The van der Waals surface area contributed by atoms with E-state index in [1.807, 2.05) is 6.07 Å². The first-order chi connectivity index (χ1) is 14.4. The zero-order chi connectivity index (χ0) is 21.3. The third-order valence-electron chi connectivity index (χ3n) is 4.38. The molecule has 1 heterocycles. The highest BCUT2D eigenvalue weighted by Crippen LogP contribution is 2.28. The highest BCUT2D eigenvalue weighted by atomic mass is 35.5. The average Bonchev–Trinajstić information content (AvgIpc) is 2.98. The molecule has 0 saturated carbocycles. The summed E-state index contributed by atoms with van der Waals surface area (Å²) in [5.74, 6) is -1.94. The van der Waals surface area contributed by atoms with Gasteiger partial charge in [0.1, 0.15) is 12.4 Å². The van der Waals surface area contributed by atoms with Gasteiger partial charge in [0.2, 0.25) is 0 Å². The third-order valence-corrected chi connectivity index (χ3v) is 4.91. The Morgan fingerprint density at radius 1 is 0.867 bits per heavy atom. The molecule has 1 aliphatic rings. The molecule has 30 heavy (non-hydrogen) atoms. The maximum Gasteiger partial charge on any atom is 0.364 e. The number of halogens is 2. The van der Waals surface area contributed by atoms with Crippen molar-refractivity contribution in [3.63, 3.8) is 0 Å². The van der Waals surface area contributed by atoms with E-state index in [9.17, 15) is 14.4 Å². The fraction of sp³-hybridized carbons (Fsp3) is 0.0455. The second kappa shape index (κ2) is 8.18. The zero-order valence-corrected chi connectivity index (χ0v) is 16.8. The number of carbonyl (C=O) groups is 3. The maximum atomic E-state index is 12.4. The van der Waals surface area contributed by atoms with Crippen LogP contribution in [0.4, 0.5) is 0 Å². The van der Waals surface area contributed by atoms with E-state index < -0.39 is 17.8 Å². The first-order valence-corrected chi connectivity index (χ1v) is 9.56. The molecule has 0 bridgehead atoms. The van der Waals surface area contributed by atoms with Gasteiger partial charge >= 0.3 is 5.97 Å². The van der Waals surface area contributed by atoms with Crippen LogP contribution in [0.25, 0.3) is 0 Å². The molecule has 0 radical (unpaired) electrons. The van der Waals surface area contributed by atoms with Crippen molar-refractivity contribution in [3.05, 3.63) is 99.0 Å². The minimum atomic E-state index is -0.896. The summed E-state index contributed by atoms with van der Waals surface area (Å²) in [6.07, 6.45) is 0. The lowest BCUT2D eigenvalue weighted by molar-refractivity contribution is -0.0584. The molecule has 6 nitrogen and oxygen atoms in total. The van der Waals surface area contributed by atoms with Crippen molar-refractivity contribution in [2.24, 2.45) is 0 Å². The van der Waals surface area contributed by atoms with Crippen molar-refractivity contribution in [1.29, 1.82) is 0 Å². The molecule has 150 valence electrons. The minimum absolute atomic E-state index is 0.0617. The lowest BCUT2D eigenvalue weighted by atomic mass is 10.1. The Labute approximate surface area is 181 Å². The molecule has 0 atom stereocenters. The van der Waals surface area contributed by atoms with E-state index in [4.69, 9.17) is 32.8 Å². The Bertz CT molecular complexity index is 1140. The van der Waals surface area contributed by atoms with Gasteiger partial charge in [0.05, 0.1) is 21.7 Å². The van der Waals surface area contributed by atoms with Crippen LogP contribution in [0, 0.1) is 0 Å². The van der Waals surface area contributed by atoms with E-state index in [1.165, 1.54) is 30.3 Å². The summed E-state index contributed by atoms with van der Waals surface area (Å²) in [5.41, 5.74) is 1.27. The summed E-state index contributed by atoms with van der Waals surface area (Å²) in [6, 6.07) is 17.7. The van der Waals surface area contributed by atoms with Gasteiger partial charge < -0.3 is 9.57 Å². The molecule has 8 heteroatoms. The van der Waals surface area contributed by atoms with Crippen molar-refractivity contribution in [2.75, 3.05) is 0 Å². The van der Waals surface area contributed by atoms with Crippen molar-refractivity contribution in [1.82, 2.24) is 5.06 Å². The highest BCUT2D eigenvalue weighted by Gasteiger charge is 2.38. The molecule has 0 N–H and O–H groups in total. The monoisotopic (exact) mass is 441 g/mol. The molecule has 3 aromatic carbocycles. The molecule has 4 rings (SSSR count). The van der Waals surface area contributed by atoms with Gasteiger partial charge in [-0.05, 0) is 48.0 Å². The Morgan fingerprint density at radius 3 is 2.20 bits per heavy atom. The fourth-order valence-corrected chi connectivity index (χ4v) is 3.37. The first-order valence-electron chi connectivity index (χ1n) is 8.81. The number of rotatable bonds is 5. The normalized spacial score (nSPS) is 12.7. The van der Waals surface area contributed by atoms with Gasteiger partial charge in [0.25, 0.3) is 11.8 Å². The number of imide groups is 1. The largest absolute Gasteiger partial charge is 0.487 e. The van der Waals surface area contributed by atoms with Crippen LogP contribution in [0.1, 0.15) is 36.6 Å². The molecule has 0 fully saturated rings. The van der Waals surface area contributed by atoms with Gasteiger partial charge in [0, 0.05) is 5.02 Å². The fourth-order valence-electron chi connectivity index (χ4n) is 2.92. The van der Waals surface area contributed by atoms with Crippen LogP contribution in [0.2, 0.25) is 10.0 Å². The molecular weight excluding hydrogens is 429 g/mol. The van der Waals surface area contributed by atoms with Crippen molar-refractivity contribution < 1.29 is 24.0 Å². The van der Waals surface area contributed by atoms with Gasteiger partial charge in [-0.1, -0.05) is 52.5 Å². The molecular formula is C22H13Cl2NO5. The summed E-state index contributed by atoms with van der Waals surface area (Å²) in [5, 5.41) is 1.21. The number of benzene rings is 3. The smallest absolute Gasteiger partial charge is 0.364 e. The molecule has 1 aliphatic heterocycles. The van der Waals surface area contributed by atoms with E-state index in [1.54, 1.807) is 30.3 Å². The van der Waals surface area contributed by atoms with Gasteiger partial charge in [0.15, 0.2) is 0 Å². The number of hydroxylamine groups is 2. The Morgan fingerprint density at radius 2 is 1.57 bits per heavy atom. The number of hydrogen-bond donors (Lipinski definition) is 0. The average molecular weight is 442 g/mol. The Kier molecular flexibility index (Phi) is 5.44. The van der Waals surface area contributed by atoms with Crippen molar-refractivity contribution in [2.45, 2.75) is 6.61 Å². The molecule has 0 aromatic heterocycles. The topological polar surface area (TPSA) is 72.9 Å². The molecule has 0 unspecified atom stereocenters. The first kappa shape index (κ1) is 19.9. The summed E-state index contributed by atoms with van der Waals surface area (Å²) >= 11 is 12.2. The molecule has 0 spiro atoms. The Hall–Kier alpha value is -3.35. The quantitative estimate of drug-likeness (QED) is 0.524. The number of carbonyl (C=O) groups excluding carboxylic acids is 3. The number of ether oxygens (including phenoxy) is 1. The summed E-state index contributed by atoms with van der Waals surface area (Å²) in [7, 11) is 0. The van der Waals surface area contributed by atoms with Crippen molar-refractivity contribution in [3.8, 4) is 5.75 Å². The van der Waals surface area contributed by atoms with Crippen LogP contribution in [0.5, 0.6) is 5.75 Å². The van der Waals surface area contributed by atoms with Crippen LogP contribution < -0.4 is 4.74 Å². The predicted molar refractivity (Wildman–Crippen MR) is 110 cm³/mol. The van der Waals surface area contributed by atoms with Gasteiger partial charge in [-0.3, -0.25) is 9.59 Å². The number of amides is 2. The van der Waals surface area contributed by atoms with Crippen LogP contribution in [0.3, 0.4) is 0 Å². The van der Waals surface area contributed by atoms with Gasteiger partial charge in [-0.2, -0.15) is 0 Å². The third kappa shape index (κ3) is 3.87. The molecule has 2 amide bonds. The van der Waals surface area contributed by atoms with Crippen LogP contribution >= 0.6 is 23.2 Å². The number of hydrogen-bond acceptors (Lipinski definition) is 5. The molecule has 0 saturated heterocycles. The van der Waals surface area contributed by atoms with E-state index in [2.05, 4.69) is 0 Å². The highest BCUT2D eigenvalue weighted by molar-refractivity contribution is 6.32. The summed E-state index contributed by atoms with van der Waals surface area (Å²) in [4.78, 5) is 42.1.